The van der Waals surface area contributed by atoms with Crippen molar-refractivity contribution >= 4 is 11.6 Å². The molecule has 1 aromatic rings. The van der Waals surface area contributed by atoms with E-state index in [1.165, 1.54) is 0 Å². The van der Waals surface area contributed by atoms with Gasteiger partial charge < -0.3 is 4.90 Å². The molecule has 0 aliphatic rings. The summed E-state index contributed by atoms with van der Waals surface area (Å²) in [6.45, 7) is 2.71. The molecular weight excluding hydrogens is 186 g/mol. The van der Waals surface area contributed by atoms with E-state index in [-0.39, 0.29) is 0 Å². The normalized spacial score (nSPS) is 10.8. The number of alkyl halides is 1. The Morgan fingerprint density at radius 1 is 1.38 bits per heavy atom. The molecule has 0 aromatic carbocycles. The number of nitrogens with zero attached hydrogens (tertiary/aromatic N) is 3. The minimum Gasteiger partial charge on any atom is -0.302 e. The van der Waals surface area contributed by atoms with Crippen molar-refractivity contribution in [2.75, 3.05) is 14.1 Å². The molecule has 1 heterocycles. The van der Waals surface area contributed by atoms with Crippen molar-refractivity contribution in [3.63, 3.8) is 0 Å². The van der Waals surface area contributed by atoms with E-state index in [4.69, 9.17) is 11.6 Å². The molecule has 0 amide bonds. The monoisotopic (exact) mass is 199 g/mol. The van der Waals surface area contributed by atoms with Gasteiger partial charge in [-0.1, -0.05) is 0 Å². The fourth-order valence-electron chi connectivity index (χ4n) is 1.12. The number of rotatable bonds is 3. The molecule has 0 saturated carbocycles. The number of aryl methyl sites for hydroxylation is 1. The van der Waals surface area contributed by atoms with Crippen LogP contribution in [0.2, 0.25) is 0 Å². The standard InChI is InChI=1S/C9H14ClN3/c1-7-4-8(5-10)12-9(11-7)6-13(2)3/h4H,5-6H2,1-3H3. The molecule has 0 atom stereocenters. The van der Waals surface area contributed by atoms with E-state index in [2.05, 4.69) is 9.97 Å². The lowest BCUT2D eigenvalue weighted by molar-refractivity contribution is 0.389. The van der Waals surface area contributed by atoms with Gasteiger partial charge in [0.15, 0.2) is 0 Å². The van der Waals surface area contributed by atoms with Crippen LogP contribution in [0.1, 0.15) is 17.2 Å². The molecular formula is C9H14ClN3. The maximum absolute atomic E-state index is 5.70. The smallest absolute Gasteiger partial charge is 0.142 e. The lowest BCUT2D eigenvalue weighted by Gasteiger charge is -2.09. The lowest BCUT2D eigenvalue weighted by atomic mass is 10.3. The SMILES string of the molecule is Cc1cc(CCl)nc(CN(C)C)n1. The quantitative estimate of drug-likeness (QED) is 0.693. The first-order valence-corrected chi connectivity index (χ1v) is 4.69. The number of halogens is 1. The zero-order valence-electron chi connectivity index (χ0n) is 8.21. The van der Waals surface area contributed by atoms with Crippen LogP contribution < -0.4 is 0 Å². The van der Waals surface area contributed by atoms with Gasteiger partial charge in [0.05, 0.1) is 18.1 Å². The highest BCUT2D eigenvalue weighted by atomic mass is 35.5. The van der Waals surface area contributed by atoms with Crippen LogP contribution in [-0.4, -0.2) is 29.0 Å². The van der Waals surface area contributed by atoms with Crippen LogP contribution in [0.4, 0.5) is 0 Å². The molecule has 1 rings (SSSR count). The molecule has 0 unspecified atom stereocenters. The van der Waals surface area contributed by atoms with E-state index in [0.717, 1.165) is 23.8 Å². The summed E-state index contributed by atoms with van der Waals surface area (Å²) in [6.07, 6.45) is 0. The maximum atomic E-state index is 5.70. The van der Waals surface area contributed by atoms with Gasteiger partial charge in [-0.3, -0.25) is 0 Å². The molecule has 0 spiro atoms. The van der Waals surface area contributed by atoms with Crippen LogP contribution in [0.15, 0.2) is 6.07 Å². The van der Waals surface area contributed by atoms with Gasteiger partial charge in [-0.15, -0.1) is 11.6 Å². The summed E-state index contributed by atoms with van der Waals surface area (Å²) in [4.78, 5) is 10.7. The van der Waals surface area contributed by atoms with Crippen molar-refractivity contribution in [2.45, 2.75) is 19.3 Å². The van der Waals surface area contributed by atoms with Gasteiger partial charge in [0, 0.05) is 5.69 Å². The minimum atomic E-state index is 0.448. The van der Waals surface area contributed by atoms with Crippen LogP contribution in [0.25, 0.3) is 0 Å². The summed E-state index contributed by atoms with van der Waals surface area (Å²) in [5, 5.41) is 0. The van der Waals surface area contributed by atoms with Gasteiger partial charge in [-0.05, 0) is 27.1 Å². The molecule has 0 saturated heterocycles. The third kappa shape index (κ3) is 3.28. The number of aromatic nitrogens is 2. The Balaban J connectivity index is 2.88. The molecule has 3 nitrogen and oxygen atoms in total. The zero-order chi connectivity index (χ0) is 9.84. The summed E-state index contributed by atoms with van der Waals surface area (Å²) in [7, 11) is 3.98. The van der Waals surface area contributed by atoms with Crippen LogP contribution in [0.5, 0.6) is 0 Å². The lowest BCUT2D eigenvalue weighted by Crippen LogP contribution is -2.14. The van der Waals surface area contributed by atoms with E-state index in [9.17, 15) is 0 Å². The fraction of sp³-hybridized carbons (Fsp3) is 0.556. The molecule has 1 aromatic heterocycles. The Hall–Kier alpha value is -0.670. The highest BCUT2D eigenvalue weighted by Crippen LogP contribution is 2.04. The molecule has 0 aliphatic carbocycles. The molecule has 0 aliphatic heterocycles. The highest BCUT2D eigenvalue weighted by Gasteiger charge is 2.02. The molecule has 0 N–H and O–H groups in total. The highest BCUT2D eigenvalue weighted by molar-refractivity contribution is 6.16. The van der Waals surface area contributed by atoms with Crippen molar-refractivity contribution in [3.8, 4) is 0 Å². The average molecular weight is 200 g/mol. The Morgan fingerprint density at radius 2 is 2.08 bits per heavy atom. The van der Waals surface area contributed by atoms with Crippen molar-refractivity contribution in [1.82, 2.24) is 14.9 Å². The second-order valence-corrected chi connectivity index (χ2v) is 3.56. The Morgan fingerprint density at radius 3 is 2.62 bits per heavy atom. The topological polar surface area (TPSA) is 29.0 Å². The van der Waals surface area contributed by atoms with Gasteiger partial charge in [0.2, 0.25) is 0 Å². The van der Waals surface area contributed by atoms with E-state index < -0.39 is 0 Å². The first-order chi connectivity index (χ1) is 6.11. The van der Waals surface area contributed by atoms with Gasteiger partial charge in [-0.2, -0.15) is 0 Å². The van der Waals surface area contributed by atoms with Gasteiger partial charge in [0.1, 0.15) is 5.82 Å². The molecule has 72 valence electrons. The number of hydrogen-bond acceptors (Lipinski definition) is 3. The Kier molecular flexibility index (Phi) is 3.63. The largest absolute Gasteiger partial charge is 0.302 e. The first kappa shape index (κ1) is 10.4. The molecule has 13 heavy (non-hydrogen) atoms. The van der Waals surface area contributed by atoms with Crippen molar-refractivity contribution < 1.29 is 0 Å². The molecule has 0 bridgehead atoms. The second kappa shape index (κ2) is 4.53. The predicted molar refractivity (Wildman–Crippen MR) is 53.7 cm³/mol. The van der Waals surface area contributed by atoms with Crippen molar-refractivity contribution in [3.05, 3.63) is 23.3 Å². The second-order valence-electron chi connectivity index (χ2n) is 3.29. The van der Waals surface area contributed by atoms with Crippen LogP contribution in [-0.2, 0) is 12.4 Å². The van der Waals surface area contributed by atoms with E-state index >= 15 is 0 Å². The first-order valence-electron chi connectivity index (χ1n) is 4.16. The van der Waals surface area contributed by atoms with Crippen LogP contribution in [0, 0.1) is 6.92 Å². The summed E-state index contributed by atoms with van der Waals surface area (Å²) in [6, 6.07) is 1.91. The summed E-state index contributed by atoms with van der Waals surface area (Å²) in [5.41, 5.74) is 1.87. The van der Waals surface area contributed by atoms with E-state index in [1.54, 1.807) is 0 Å². The Labute approximate surface area is 83.8 Å². The summed E-state index contributed by atoms with van der Waals surface area (Å²) >= 11 is 5.70. The maximum Gasteiger partial charge on any atom is 0.142 e. The van der Waals surface area contributed by atoms with Crippen LogP contribution >= 0.6 is 11.6 Å². The number of hydrogen-bond donors (Lipinski definition) is 0. The summed E-state index contributed by atoms with van der Waals surface area (Å²) < 4.78 is 0. The van der Waals surface area contributed by atoms with E-state index in [0.29, 0.717) is 5.88 Å². The molecule has 0 fully saturated rings. The van der Waals surface area contributed by atoms with Gasteiger partial charge in [-0.25, -0.2) is 9.97 Å². The van der Waals surface area contributed by atoms with Gasteiger partial charge in [0.25, 0.3) is 0 Å². The molecule has 4 heteroatoms. The third-order valence-corrected chi connectivity index (χ3v) is 1.82. The molecule has 0 radical (unpaired) electrons. The zero-order valence-corrected chi connectivity index (χ0v) is 8.97. The van der Waals surface area contributed by atoms with Crippen molar-refractivity contribution in [2.24, 2.45) is 0 Å². The Bertz CT molecular complexity index is 286. The predicted octanol–water partition coefficient (Wildman–Crippen LogP) is 1.59. The van der Waals surface area contributed by atoms with Gasteiger partial charge >= 0.3 is 0 Å². The summed E-state index contributed by atoms with van der Waals surface area (Å²) in [5.74, 6) is 1.28. The van der Waals surface area contributed by atoms with Crippen molar-refractivity contribution in [1.29, 1.82) is 0 Å². The average Bonchev–Trinajstić information content (AvgIpc) is 2.01. The fourth-order valence-corrected chi connectivity index (χ4v) is 1.26. The van der Waals surface area contributed by atoms with E-state index in [1.807, 2.05) is 32.0 Å². The third-order valence-electron chi connectivity index (χ3n) is 1.55. The minimum absolute atomic E-state index is 0.448. The van der Waals surface area contributed by atoms with Crippen LogP contribution in [0.3, 0.4) is 0 Å².